The number of hydrogen-bond acceptors (Lipinski definition) is 3. The van der Waals surface area contributed by atoms with Gasteiger partial charge in [-0.25, -0.2) is 0 Å². The summed E-state index contributed by atoms with van der Waals surface area (Å²) in [4.78, 5) is 6.77. The van der Waals surface area contributed by atoms with E-state index in [-0.39, 0.29) is 0 Å². The van der Waals surface area contributed by atoms with Gasteiger partial charge in [-0.3, -0.25) is 9.88 Å². The first-order chi connectivity index (χ1) is 8.19. The van der Waals surface area contributed by atoms with E-state index in [2.05, 4.69) is 16.8 Å². The molecule has 0 spiro atoms. The predicted octanol–water partition coefficient (Wildman–Crippen LogP) is 2.29. The Balaban J connectivity index is 1.95. The van der Waals surface area contributed by atoms with Gasteiger partial charge in [-0.1, -0.05) is 24.9 Å². The average molecular weight is 254 g/mol. The maximum Gasteiger partial charge on any atom is 0.0558 e. The second-order valence-electron chi connectivity index (χ2n) is 4.82. The Kier molecular flexibility index (Phi) is 4.37. The molecule has 2 rings (SSSR count). The SMILES string of the molecule is CCC1CN(Cc2cc(Cl)ccn2)CCC1N. The van der Waals surface area contributed by atoms with Crippen molar-refractivity contribution in [2.24, 2.45) is 11.7 Å². The van der Waals surface area contributed by atoms with Crippen LogP contribution < -0.4 is 5.73 Å². The van der Waals surface area contributed by atoms with Crippen LogP contribution in [0.5, 0.6) is 0 Å². The summed E-state index contributed by atoms with van der Waals surface area (Å²) in [5.74, 6) is 0.614. The smallest absolute Gasteiger partial charge is 0.0558 e. The van der Waals surface area contributed by atoms with Gasteiger partial charge in [0.05, 0.1) is 5.69 Å². The largest absolute Gasteiger partial charge is 0.327 e. The van der Waals surface area contributed by atoms with Crippen LogP contribution in [0, 0.1) is 5.92 Å². The molecule has 1 aliphatic heterocycles. The fourth-order valence-corrected chi connectivity index (χ4v) is 2.65. The normalized spacial score (nSPS) is 26.1. The van der Waals surface area contributed by atoms with E-state index in [1.54, 1.807) is 6.20 Å². The van der Waals surface area contributed by atoms with Gasteiger partial charge in [0.25, 0.3) is 0 Å². The third-order valence-electron chi connectivity index (χ3n) is 3.57. The van der Waals surface area contributed by atoms with Gasteiger partial charge in [0.1, 0.15) is 0 Å². The molecular formula is C13H20ClN3. The summed E-state index contributed by atoms with van der Waals surface area (Å²) < 4.78 is 0. The number of nitrogens with zero attached hydrogens (tertiary/aromatic N) is 2. The van der Waals surface area contributed by atoms with Crippen molar-refractivity contribution in [2.75, 3.05) is 13.1 Å². The molecule has 4 heteroatoms. The molecule has 1 aliphatic rings. The van der Waals surface area contributed by atoms with E-state index in [0.29, 0.717) is 12.0 Å². The summed E-state index contributed by atoms with van der Waals surface area (Å²) in [6.45, 7) is 5.23. The second-order valence-corrected chi connectivity index (χ2v) is 5.26. The predicted molar refractivity (Wildman–Crippen MR) is 70.9 cm³/mol. The molecule has 1 aromatic heterocycles. The average Bonchev–Trinajstić information content (AvgIpc) is 2.32. The number of pyridine rings is 1. The van der Waals surface area contributed by atoms with Gasteiger partial charge in [0.2, 0.25) is 0 Å². The zero-order valence-corrected chi connectivity index (χ0v) is 11.0. The van der Waals surface area contributed by atoms with Gasteiger partial charge < -0.3 is 5.73 Å². The highest BCUT2D eigenvalue weighted by Crippen LogP contribution is 2.20. The first-order valence-corrected chi connectivity index (χ1v) is 6.65. The third-order valence-corrected chi connectivity index (χ3v) is 3.80. The Morgan fingerprint density at radius 1 is 1.59 bits per heavy atom. The van der Waals surface area contributed by atoms with Crippen molar-refractivity contribution in [3.8, 4) is 0 Å². The van der Waals surface area contributed by atoms with Crippen molar-refractivity contribution in [3.63, 3.8) is 0 Å². The first-order valence-electron chi connectivity index (χ1n) is 6.27. The van der Waals surface area contributed by atoms with E-state index >= 15 is 0 Å². The zero-order chi connectivity index (χ0) is 12.3. The Hall–Kier alpha value is -0.640. The molecule has 0 amide bonds. The van der Waals surface area contributed by atoms with Crippen molar-refractivity contribution in [1.29, 1.82) is 0 Å². The minimum Gasteiger partial charge on any atom is -0.327 e. The van der Waals surface area contributed by atoms with Crippen molar-refractivity contribution >= 4 is 11.6 Å². The van der Waals surface area contributed by atoms with Gasteiger partial charge >= 0.3 is 0 Å². The molecule has 1 aromatic rings. The summed E-state index contributed by atoms with van der Waals surface area (Å²) in [6, 6.07) is 4.12. The van der Waals surface area contributed by atoms with E-state index in [4.69, 9.17) is 17.3 Å². The molecule has 2 atom stereocenters. The zero-order valence-electron chi connectivity index (χ0n) is 10.3. The van der Waals surface area contributed by atoms with Crippen molar-refractivity contribution in [1.82, 2.24) is 9.88 Å². The highest BCUT2D eigenvalue weighted by Gasteiger charge is 2.25. The van der Waals surface area contributed by atoms with Crippen LogP contribution in [0.15, 0.2) is 18.3 Å². The summed E-state index contributed by atoms with van der Waals surface area (Å²) >= 11 is 5.96. The molecule has 2 N–H and O–H groups in total. The molecule has 0 aliphatic carbocycles. The van der Waals surface area contributed by atoms with Crippen LogP contribution in [0.2, 0.25) is 5.02 Å². The molecule has 0 radical (unpaired) electrons. The molecule has 2 unspecified atom stereocenters. The third kappa shape index (κ3) is 3.41. The fourth-order valence-electron chi connectivity index (χ4n) is 2.47. The number of halogens is 1. The molecule has 1 fully saturated rings. The minimum absolute atomic E-state index is 0.364. The lowest BCUT2D eigenvalue weighted by Crippen LogP contribution is -2.46. The second kappa shape index (κ2) is 5.80. The molecular weight excluding hydrogens is 234 g/mol. The standard InChI is InChI=1S/C13H20ClN3/c1-2-10-8-17(6-4-13(10)15)9-12-7-11(14)3-5-16-12/h3,5,7,10,13H,2,4,6,8-9,15H2,1H3. The van der Waals surface area contributed by atoms with Crippen LogP contribution in [-0.2, 0) is 6.54 Å². The van der Waals surface area contributed by atoms with Gasteiger partial charge in [0, 0.05) is 36.9 Å². The molecule has 1 saturated heterocycles. The summed E-state index contributed by atoms with van der Waals surface area (Å²) in [6.07, 6.45) is 4.00. The van der Waals surface area contributed by atoms with Gasteiger partial charge in [-0.05, 0) is 24.5 Å². The highest BCUT2D eigenvalue weighted by molar-refractivity contribution is 6.30. The van der Waals surface area contributed by atoms with E-state index < -0.39 is 0 Å². The Bertz CT molecular complexity index is 369. The number of hydrogen-bond donors (Lipinski definition) is 1. The molecule has 17 heavy (non-hydrogen) atoms. The topological polar surface area (TPSA) is 42.2 Å². The van der Waals surface area contributed by atoms with Crippen LogP contribution in [-0.4, -0.2) is 29.0 Å². The first kappa shape index (κ1) is 12.8. The van der Waals surface area contributed by atoms with Crippen LogP contribution in [0.1, 0.15) is 25.5 Å². The number of rotatable bonds is 3. The van der Waals surface area contributed by atoms with Crippen molar-refractivity contribution in [3.05, 3.63) is 29.0 Å². The monoisotopic (exact) mass is 253 g/mol. The quantitative estimate of drug-likeness (QED) is 0.899. The van der Waals surface area contributed by atoms with Gasteiger partial charge in [-0.2, -0.15) is 0 Å². The Labute approximate surface area is 108 Å². The van der Waals surface area contributed by atoms with E-state index in [1.807, 2.05) is 12.1 Å². The van der Waals surface area contributed by atoms with Crippen LogP contribution >= 0.6 is 11.6 Å². The van der Waals surface area contributed by atoms with Crippen molar-refractivity contribution < 1.29 is 0 Å². The van der Waals surface area contributed by atoms with Crippen molar-refractivity contribution in [2.45, 2.75) is 32.4 Å². The fraction of sp³-hybridized carbons (Fsp3) is 0.615. The summed E-state index contributed by atoms with van der Waals surface area (Å²) in [5.41, 5.74) is 7.15. The molecule has 94 valence electrons. The molecule has 3 nitrogen and oxygen atoms in total. The molecule has 0 saturated carbocycles. The van der Waals surface area contributed by atoms with E-state index in [0.717, 1.165) is 43.2 Å². The number of nitrogens with two attached hydrogens (primary N) is 1. The molecule has 0 aromatic carbocycles. The number of aromatic nitrogens is 1. The minimum atomic E-state index is 0.364. The van der Waals surface area contributed by atoms with E-state index in [1.165, 1.54) is 0 Å². The summed E-state index contributed by atoms with van der Waals surface area (Å²) in [5, 5.41) is 0.760. The maximum absolute atomic E-state index is 6.11. The lowest BCUT2D eigenvalue weighted by molar-refractivity contribution is 0.144. The Morgan fingerprint density at radius 3 is 3.12 bits per heavy atom. The lowest BCUT2D eigenvalue weighted by Gasteiger charge is -2.36. The number of piperidine rings is 1. The summed E-state index contributed by atoms with van der Waals surface area (Å²) in [7, 11) is 0. The number of likely N-dealkylation sites (tertiary alicyclic amines) is 1. The van der Waals surface area contributed by atoms with Crippen LogP contribution in [0.25, 0.3) is 0 Å². The molecule has 0 bridgehead atoms. The highest BCUT2D eigenvalue weighted by atomic mass is 35.5. The van der Waals surface area contributed by atoms with E-state index in [9.17, 15) is 0 Å². The van der Waals surface area contributed by atoms with Crippen LogP contribution in [0.4, 0.5) is 0 Å². The molecule has 2 heterocycles. The van der Waals surface area contributed by atoms with Gasteiger partial charge in [0.15, 0.2) is 0 Å². The Morgan fingerprint density at radius 2 is 2.41 bits per heavy atom. The maximum atomic E-state index is 6.11. The van der Waals surface area contributed by atoms with Gasteiger partial charge in [-0.15, -0.1) is 0 Å². The van der Waals surface area contributed by atoms with Crippen LogP contribution in [0.3, 0.4) is 0 Å². The lowest BCUT2D eigenvalue weighted by atomic mass is 9.90.